The molecule has 28 heavy (non-hydrogen) atoms. The Morgan fingerprint density at radius 1 is 0.964 bits per heavy atom. The van der Waals surface area contributed by atoms with E-state index in [1.807, 2.05) is 30.3 Å². The Morgan fingerprint density at radius 2 is 1.61 bits per heavy atom. The molecular formula is C20H22FN3O3S. The molecule has 0 heterocycles. The summed E-state index contributed by atoms with van der Waals surface area (Å²) < 4.78 is 12.8. The predicted octanol–water partition coefficient (Wildman–Crippen LogP) is 2.32. The zero-order valence-corrected chi connectivity index (χ0v) is 16.2. The van der Waals surface area contributed by atoms with Gasteiger partial charge in [0.1, 0.15) is 11.9 Å². The summed E-state index contributed by atoms with van der Waals surface area (Å²) in [6.07, 6.45) is 0. The van der Waals surface area contributed by atoms with Gasteiger partial charge in [-0.25, -0.2) is 4.39 Å². The van der Waals surface area contributed by atoms with Crippen molar-refractivity contribution in [2.24, 2.45) is 0 Å². The van der Waals surface area contributed by atoms with Gasteiger partial charge in [0.25, 0.3) is 0 Å². The summed E-state index contributed by atoms with van der Waals surface area (Å²) in [5.41, 5.74) is 1.46. The van der Waals surface area contributed by atoms with Gasteiger partial charge >= 0.3 is 0 Å². The molecule has 2 rings (SSSR count). The van der Waals surface area contributed by atoms with Crippen molar-refractivity contribution in [3.63, 3.8) is 0 Å². The molecule has 0 spiro atoms. The van der Waals surface area contributed by atoms with E-state index in [9.17, 15) is 18.8 Å². The van der Waals surface area contributed by atoms with Gasteiger partial charge in [-0.3, -0.25) is 14.4 Å². The van der Waals surface area contributed by atoms with Crippen molar-refractivity contribution in [1.29, 1.82) is 0 Å². The van der Waals surface area contributed by atoms with Crippen LogP contribution in [0.5, 0.6) is 0 Å². The lowest BCUT2D eigenvalue weighted by molar-refractivity contribution is -0.127. The lowest BCUT2D eigenvalue weighted by atomic mass is 10.2. The van der Waals surface area contributed by atoms with E-state index in [-0.39, 0.29) is 35.0 Å². The van der Waals surface area contributed by atoms with Crippen LogP contribution in [0.25, 0.3) is 0 Å². The first kappa shape index (κ1) is 21.4. The van der Waals surface area contributed by atoms with Gasteiger partial charge in [-0.15, -0.1) is 11.8 Å². The molecule has 2 aromatic carbocycles. The van der Waals surface area contributed by atoms with Crippen LogP contribution in [-0.4, -0.2) is 35.3 Å². The smallest absolute Gasteiger partial charge is 0.242 e. The molecule has 0 aliphatic carbocycles. The minimum Gasteiger partial charge on any atom is -0.350 e. The Morgan fingerprint density at radius 3 is 2.29 bits per heavy atom. The van der Waals surface area contributed by atoms with Crippen LogP contribution < -0.4 is 16.0 Å². The van der Waals surface area contributed by atoms with Crippen LogP contribution >= 0.6 is 11.8 Å². The molecule has 3 N–H and O–H groups in total. The van der Waals surface area contributed by atoms with Gasteiger partial charge < -0.3 is 16.0 Å². The van der Waals surface area contributed by atoms with Gasteiger partial charge in [-0.05, 0) is 36.8 Å². The molecule has 0 radical (unpaired) electrons. The molecule has 1 atom stereocenters. The normalized spacial score (nSPS) is 11.4. The van der Waals surface area contributed by atoms with E-state index in [0.717, 1.165) is 17.3 Å². The van der Waals surface area contributed by atoms with Crippen LogP contribution in [0.15, 0.2) is 54.6 Å². The van der Waals surface area contributed by atoms with Gasteiger partial charge in [-0.1, -0.05) is 30.3 Å². The van der Waals surface area contributed by atoms with E-state index < -0.39 is 6.04 Å². The molecule has 0 saturated carbocycles. The van der Waals surface area contributed by atoms with Crippen LogP contribution in [0, 0.1) is 5.82 Å². The monoisotopic (exact) mass is 403 g/mol. The fourth-order valence-corrected chi connectivity index (χ4v) is 2.88. The fraction of sp³-hybridized carbons (Fsp3) is 0.250. The molecule has 1 unspecified atom stereocenters. The summed E-state index contributed by atoms with van der Waals surface area (Å²) in [5.74, 6) is -1.17. The third-order valence-corrected chi connectivity index (χ3v) is 4.61. The number of benzene rings is 2. The number of hydrogen-bond acceptors (Lipinski definition) is 4. The summed E-state index contributed by atoms with van der Waals surface area (Å²) in [4.78, 5) is 35.8. The minimum atomic E-state index is -0.676. The maximum Gasteiger partial charge on any atom is 0.242 e. The summed E-state index contributed by atoms with van der Waals surface area (Å²) in [6, 6.07) is 14.2. The number of rotatable bonds is 9. The van der Waals surface area contributed by atoms with Crippen molar-refractivity contribution >= 4 is 35.2 Å². The molecule has 0 saturated heterocycles. The van der Waals surface area contributed by atoms with Crippen LogP contribution in [-0.2, 0) is 20.9 Å². The highest BCUT2D eigenvalue weighted by molar-refractivity contribution is 8.00. The Bertz CT molecular complexity index is 800. The number of thioether (sulfide) groups is 1. The highest BCUT2D eigenvalue weighted by Gasteiger charge is 2.15. The molecule has 0 fully saturated rings. The van der Waals surface area contributed by atoms with Crippen molar-refractivity contribution in [3.05, 3.63) is 66.0 Å². The second-order valence-electron chi connectivity index (χ2n) is 6.04. The van der Waals surface area contributed by atoms with Crippen LogP contribution in [0.4, 0.5) is 10.1 Å². The number of nitrogens with one attached hydrogen (secondary N) is 3. The van der Waals surface area contributed by atoms with E-state index >= 15 is 0 Å². The SMILES string of the molecule is CC(NC(=O)CSCC(=O)Nc1ccc(F)cc1)C(=O)NCc1ccccc1. The second-order valence-corrected chi connectivity index (χ2v) is 7.03. The lowest BCUT2D eigenvalue weighted by Crippen LogP contribution is -2.45. The zero-order chi connectivity index (χ0) is 20.4. The number of carbonyl (C=O) groups is 3. The first-order valence-electron chi connectivity index (χ1n) is 8.68. The molecule has 148 valence electrons. The van der Waals surface area contributed by atoms with E-state index in [1.165, 1.54) is 24.3 Å². The second kappa shape index (κ2) is 11.1. The molecule has 6 nitrogen and oxygen atoms in total. The van der Waals surface area contributed by atoms with Gasteiger partial charge in [0.15, 0.2) is 0 Å². The first-order valence-corrected chi connectivity index (χ1v) is 9.83. The third kappa shape index (κ3) is 7.79. The first-order chi connectivity index (χ1) is 13.4. The van der Waals surface area contributed by atoms with E-state index in [4.69, 9.17) is 0 Å². The maximum absolute atomic E-state index is 12.8. The van der Waals surface area contributed by atoms with E-state index in [2.05, 4.69) is 16.0 Å². The highest BCUT2D eigenvalue weighted by Crippen LogP contribution is 2.09. The van der Waals surface area contributed by atoms with Crippen LogP contribution in [0.2, 0.25) is 0 Å². The molecular weight excluding hydrogens is 381 g/mol. The summed E-state index contributed by atoms with van der Waals surface area (Å²) in [6.45, 7) is 1.99. The quantitative estimate of drug-likeness (QED) is 0.600. The van der Waals surface area contributed by atoms with Crippen LogP contribution in [0.3, 0.4) is 0 Å². The average Bonchev–Trinajstić information content (AvgIpc) is 2.68. The third-order valence-electron chi connectivity index (χ3n) is 3.67. The Hall–Kier alpha value is -2.87. The van der Waals surface area contributed by atoms with Gasteiger partial charge in [0.05, 0.1) is 11.5 Å². The fourth-order valence-electron chi connectivity index (χ4n) is 2.25. The predicted molar refractivity (Wildman–Crippen MR) is 108 cm³/mol. The van der Waals surface area contributed by atoms with E-state index in [1.54, 1.807) is 6.92 Å². The van der Waals surface area contributed by atoms with Crippen molar-refractivity contribution < 1.29 is 18.8 Å². The number of anilines is 1. The van der Waals surface area contributed by atoms with Gasteiger partial charge in [-0.2, -0.15) is 0 Å². The molecule has 0 aliphatic heterocycles. The van der Waals surface area contributed by atoms with E-state index in [0.29, 0.717) is 12.2 Å². The lowest BCUT2D eigenvalue weighted by Gasteiger charge is -2.14. The van der Waals surface area contributed by atoms with Crippen molar-refractivity contribution in [2.45, 2.75) is 19.5 Å². The topological polar surface area (TPSA) is 87.3 Å². The summed E-state index contributed by atoms with van der Waals surface area (Å²) in [7, 11) is 0. The van der Waals surface area contributed by atoms with Gasteiger partial charge in [0.2, 0.25) is 17.7 Å². The largest absolute Gasteiger partial charge is 0.350 e. The minimum absolute atomic E-state index is 0.0488. The van der Waals surface area contributed by atoms with Crippen molar-refractivity contribution in [1.82, 2.24) is 10.6 Å². The number of carbonyl (C=O) groups excluding carboxylic acids is 3. The zero-order valence-electron chi connectivity index (χ0n) is 15.4. The Labute approximate surface area is 167 Å². The Kier molecular flexibility index (Phi) is 8.48. The number of halogens is 1. The molecule has 0 aromatic heterocycles. The summed E-state index contributed by atoms with van der Waals surface area (Å²) >= 11 is 1.13. The molecule has 2 aromatic rings. The van der Waals surface area contributed by atoms with Crippen molar-refractivity contribution in [3.8, 4) is 0 Å². The van der Waals surface area contributed by atoms with Crippen LogP contribution in [0.1, 0.15) is 12.5 Å². The molecule has 8 heteroatoms. The standard InChI is InChI=1S/C20H22FN3O3S/c1-14(20(27)22-11-15-5-3-2-4-6-15)23-18(25)12-28-13-19(26)24-17-9-7-16(21)8-10-17/h2-10,14H,11-13H2,1H3,(H,22,27)(H,23,25)(H,24,26). The number of amides is 3. The molecule has 3 amide bonds. The maximum atomic E-state index is 12.8. The average molecular weight is 403 g/mol. The van der Waals surface area contributed by atoms with Gasteiger partial charge in [0, 0.05) is 12.2 Å². The highest BCUT2D eigenvalue weighted by atomic mass is 32.2. The van der Waals surface area contributed by atoms with Crippen molar-refractivity contribution in [2.75, 3.05) is 16.8 Å². The molecule has 0 aliphatic rings. The molecule has 0 bridgehead atoms. The number of hydrogen-bond donors (Lipinski definition) is 3. The Balaban J connectivity index is 1.63. The summed E-state index contributed by atoms with van der Waals surface area (Å²) in [5, 5.41) is 7.97.